The number of hydrogen-bond donors (Lipinski definition) is 0. The van der Waals surface area contributed by atoms with E-state index in [4.69, 9.17) is 4.52 Å². The molecule has 82 valence electrons. The van der Waals surface area contributed by atoms with Crippen molar-refractivity contribution in [3.63, 3.8) is 0 Å². The van der Waals surface area contributed by atoms with Gasteiger partial charge in [0, 0.05) is 12.0 Å². The second kappa shape index (κ2) is 3.51. The van der Waals surface area contributed by atoms with Crippen molar-refractivity contribution in [3.8, 4) is 0 Å². The molecule has 2 heteroatoms. The molecule has 0 saturated heterocycles. The molecule has 2 rings (SSSR count). The lowest BCUT2D eigenvalue weighted by molar-refractivity contribution is 0.211. The molecule has 0 aliphatic heterocycles. The van der Waals surface area contributed by atoms with Gasteiger partial charge in [-0.3, -0.25) is 0 Å². The fraction of sp³-hybridized carbons (Fsp3) is 0.615. The first-order valence-corrected chi connectivity index (χ1v) is 5.61. The summed E-state index contributed by atoms with van der Waals surface area (Å²) in [6.45, 7) is 10.7. The molecular formula is C13H19NO. The van der Waals surface area contributed by atoms with Crippen LogP contribution in [0.15, 0.2) is 22.7 Å². The maximum atomic E-state index is 5.40. The van der Waals surface area contributed by atoms with Crippen molar-refractivity contribution < 1.29 is 4.52 Å². The molecule has 1 saturated carbocycles. The van der Waals surface area contributed by atoms with Gasteiger partial charge in [-0.25, -0.2) is 0 Å². The molecule has 1 aliphatic carbocycles. The number of rotatable bonds is 1. The molecule has 0 spiro atoms. The van der Waals surface area contributed by atoms with Gasteiger partial charge in [-0.1, -0.05) is 31.2 Å². The van der Waals surface area contributed by atoms with Crippen molar-refractivity contribution in [2.24, 2.45) is 5.41 Å². The minimum Gasteiger partial charge on any atom is -0.360 e. The fourth-order valence-electron chi connectivity index (χ4n) is 2.72. The standard InChI is InChI=1S/C13H19NO/c1-9-6-5-7-13(3,4)12(9)11-8-10(2)14-15-11/h8,12H,1,5-7H2,2-4H3. The Balaban J connectivity index is 2.35. The van der Waals surface area contributed by atoms with E-state index in [1.54, 1.807) is 0 Å². The minimum absolute atomic E-state index is 0.251. The van der Waals surface area contributed by atoms with Crippen molar-refractivity contribution in [2.75, 3.05) is 0 Å². The molecule has 1 aromatic rings. The first-order chi connectivity index (χ1) is 7.00. The highest BCUT2D eigenvalue weighted by Crippen LogP contribution is 2.49. The first-order valence-electron chi connectivity index (χ1n) is 5.61. The lowest BCUT2D eigenvalue weighted by Gasteiger charge is -2.38. The van der Waals surface area contributed by atoms with Crippen molar-refractivity contribution in [2.45, 2.75) is 46.0 Å². The third-order valence-electron chi connectivity index (χ3n) is 3.44. The van der Waals surface area contributed by atoms with Crippen LogP contribution in [0, 0.1) is 12.3 Å². The van der Waals surface area contributed by atoms with Gasteiger partial charge >= 0.3 is 0 Å². The topological polar surface area (TPSA) is 26.0 Å². The van der Waals surface area contributed by atoms with Crippen LogP contribution in [0.1, 0.15) is 50.5 Å². The van der Waals surface area contributed by atoms with Crippen LogP contribution in [-0.2, 0) is 0 Å². The fourth-order valence-corrected chi connectivity index (χ4v) is 2.72. The normalized spacial score (nSPS) is 25.5. The molecule has 0 N–H and O–H groups in total. The van der Waals surface area contributed by atoms with E-state index < -0.39 is 0 Å². The van der Waals surface area contributed by atoms with E-state index in [-0.39, 0.29) is 5.41 Å². The zero-order valence-corrected chi connectivity index (χ0v) is 9.84. The lowest BCUT2D eigenvalue weighted by atomic mass is 9.66. The number of aromatic nitrogens is 1. The van der Waals surface area contributed by atoms with Gasteiger partial charge in [-0.05, 0) is 31.6 Å². The number of nitrogens with zero attached hydrogens (tertiary/aromatic N) is 1. The third-order valence-corrected chi connectivity index (χ3v) is 3.44. The summed E-state index contributed by atoms with van der Waals surface area (Å²) in [5.41, 5.74) is 2.50. The van der Waals surface area contributed by atoms with E-state index in [0.29, 0.717) is 5.92 Å². The van der Waals surface area contributed by atoms with Crippen LogP contribution in [0.25, 0.3) is 0 Å². The Bertz CT molecular complexity index is 376. The van der Waals surface area contributed by atoms with Crippen LogP contribution in [0.5, 0.6) is 0 Å². The third kappa shape index (κ3) is 1.85. The lowest BCUT2D eigenvalue weighted by Crippen LogP contribution is -2.27. The van der Waals surface area contributed by atoms with Gasteiger partial charge in [0.05, 0.1) is 5.69 Å². The molecule has 1 atom stereocenters. The highest BCUT2D eigenvalue weighted by atomic mass is 16.5. The maximum Gasteiger partial charge on any atom is 0.144 e. The Hall–Kier alpha value is -1.05. The Kier molecular flexibility index (Phi) is 2.45. The molecule has 0 aromatic carbocycles. The summed E-state index contributed by atoms with van der Waals surface area (Å²) in [6, 6.07) is 2.04. The molecule has 15 heavy (non-hydrogen) atoms. The molecule has 1 aromatic heterocycles. The predicted molar refractivity (Wildman–Crippen MR) is 60.8 cm³/mol. The van der Waals surface area contributed by atoms with Crippen LogP contribution >= 0.6 is 0 Å². The summed E-state index contributed by atoms with van der Waals surface area (Å²) in [7, 11) is 0. The van der Waals surface area contributed by atoms with E-state index in [1.165, 1.54) is 18.4 Å². The molecule has 1 unspecified atom stereocenters. The average Bonchev–Trinajstić information content (AvgIpc) is 2.50. The van der Waals surface area contributed by atoms with Crippen LogP contribution in [-0.4, -0.2) is 5.16 Å². The Morgan fingerprint density at radius 2 is 2.27 bits per heavy atom. The van der Waals surface area contributed by atoms with E-state index in [0.717, 1.165) is 17.9 Å². The van der Waals surface area contributed by atoms with Gasteiger partial charge in [0.2, 0.25) is 0 Å². The van der Waals surface area contributed by atoms with Gasteiger partial charge in [0.1, 0.15) is 5.76 Å². The van der Waals surface area contributed by atoms with Gasteiger partial charge in [-0.15, -0.1) is 0 Å². The van der Waals surface area contributed by atoms with Crippen LogP contribution in [0.3, 0.4) is 0 Å². The van der Waals surface area contributed by atoms with E-state index in [1.807, 2.05) is 13.0 Å². The van der Waals surface area contributed by atoms with Gasteiger partial charge in [0.15, 0.2) is 0 Å². The van der Waals surface area contributed by atoms with Crippen LogP contribution in [0.4, 0.5) is 0 Å². The minimum atomic E-state index is 0.251. The monoisotopic (exact) mass is 205 g/mol. The Morgan fingerprint density at radius 1 is 1.53 bits per heavy atom. The largest absolute Gasteiger partial charge is 0.360 e. The van der Waals surface area contributed by atoms with E-state index >= 15 is 0 Å². The molecule has 1 aliphatic rings. The summed E-state index contributed by atoms with van der Waals surface area (Å²) < 4.78 is 5.40. The molecule has 2 nitrogen and oxygen atoms in total. The van der Waals surface area contributed by atoms with Crippen LogP contribution in [0.2, 0.25) is 0 Å². The second-order valence-corrected chi connectivity index (χ2v) is 5.30. The summed E-state index contributed by atoms with van der Waals surface area (Å²) in [5.74, 6) is 1.33. The molecule has 0 bridgehead atoms. The second-order valence-electron chi connectivity index (χ2n) is 5.30. The summed E-state index contributed by atoms with van der Waals surface area (Å²) in [6.07, 6.45) is 3.60. The van der Waals surface area contributed by atoms with Crippen molar-refractivity contribution in [1.29, 1.82) is 0 Å². The highest BCUT2D eigenvalue weighted by molar-refractivity contribution is 5.25. The van der Waals surface area contributed by atoms with Gasteiger partial charge in [-0.2, -0.15) is 0 Å². The van der Waals surface area contributed by atoms with Gasteiger partial charge < -0.3 is 4.52 Å². The number of hydrogen-bond acceptors (Lipinski definition) is 2. The maximum absolute atomic E-state index is 5.40. The molecule has 0 radical (unpaired) electrons. The summed E-state index contributed by atoms with van der Waals surface area (Å²) >= 11 is 0. The molecule has 0 amide bonds. The summed E-state index contributed by atoms with van der Waals surface area (Å²) in [5, 5.41) is 3.98. The predicted octanol–water partition coefficient (Wildman–Crippen LogP) is 3.83. The van der Waals surface area contributed by atoms with Crippen molar-refractivity contribution >= 4 is 0 Å². The van der Waals surface area contributed by atoms with Crippen molar-refractivity contribution in [1.82, 2.24) is 5.16 Å². The Morgan fingerprint density at radius 3 is 2.80 bits per heavy atom. The van der Waals surface area contributed by atoms with Gasteiger partial charge in [0.25, 0.3) is 0 Å². The van der Waals surface area contributed by atoms with E-state index in [2.05, 4.69) is 25.6 Å². The average molecular weight is 205 g/mol. The first kappa shape index (κ1) is 10.5. The molecule has 1 fully saturated rings. The number of aryl methyl sites for hydroxylation is 1. The van der Waals surface area contributed by atoms with E-state index in [9.17, 15) is 0 Å². The molecule has 1 heterocycles. The quantitative estimate of drug-likeness (QED) is 0.651. The Labute approximate surface area is 91.4 Å². The summed E-state index contributed by atoms with van der Waals surface area (Å²) in [4.78, 5) is 0. The number of allylic oxidation sites excluding steroid dienone is 1. The van der Waals surface area contributed by atoms with Crippen LogP contribution < -0.4 is 0 Å². The molecular weight excluding hydrogens is 186 g/mol. The van der Waals surface area contributed by atoms with Crippen molar-refractivity contribution in [3.05, 3.63) is 29.7 Å². The zero-order chi connectivity index (χ0) is 11.1. The SMILES string of the molecule is C=C1CCCC(C)(C)C1c1cc(C)no1. The zero-order valence-electron chi connectivity index (χ0n) is 9.84. The smallest absolute Gasteiger partial charge is 0.144 e. The highest BCUT2D eigenvalue weighted by Gasteiger charge is 2.37.